The normalized spacial score (nSPS) is 11.6. The Morgan fingerprint density at radius 1 is 1.04 bits per heavy atom. The van der Waals surface area contributed by atoms with Crippen LogP contribution in [0.1, 0.15) is 5.56 Å². The first-order valence-corrected chi connectivity index (χ1v) is 7.50. The van der Waals surface area contributed by atoms with Crippen molar-refractivity contribution in [2.75, 3.05) is 5.32 Å². The standard InChI is InChI=1S/C16H14Cl2N2O3/c17-12-7-6-11(9-13(12)18)19-16(23)20-14(15(21)22)8-10-4-2-1-3-5-10/h1-7,9,14H,8H2,(H,21,22)(H2,19,20,23). The summed E-state index contributed by atoms with van der Waals surface area (Å²) in [5.41, 5.74) is 1.23. The molecule has 3 N–H and O–H groups in total. The van der Waals surface area contributed by atoms with Gasteiger partial charge in [0.05, 0.1) is 10.0 Å². The first-order chi connectivity index (χ1) is 11.0. The molecule has 0 aliphatic carbocycles. The van der Waals surface area contributed by atoms with E-state index in [1.807, 2.05) is 18.2 Å². The highest BCUT2D eigenvalue weighted by molar-refractivity contribution is 6.42. The Morgan fingerprint density at radius 2 is 1.74 bits per heavy atom. The fourth-order valence-electron chi connectivity index (χ4n) is 1.95. The van der Waals surface area contributed by atoms with Crippen LogP contribution < -0.4 is 10.6 Å². The number of carboxylic acid groups (broad SMARTS) is 1. The first-order valence-electron chi connectivity index (χ1n) is 6.75. The van der Waals surface area contributed by atoms with Crippen LogP contribution in [-0.2, 0) is 11.2 Å². The lowest BCUT2D eigenvalue weighted by Crippen LogP contribution is -2.44. The summed E-state index contributed by atoms with van der Waals surface area (Å²) in [4.78, 5) is 23.3. The summed E-state index contributed by atoms with van der Waals surface area (Å²) in [5.74, 6) is -1.11. The first kappa shape index (κ1) is 17.1. The topological polar surface area (TPSA) is 78.4 Å². The van der Waals surface area contributed by atoms with E-state index in [2.05, 4.69) is 10.6 Å². The van der Waals surface area contributed by atoms with Crippen molar-refractivity contribution in [1.82, 2.24) is 5.32 Å². The summed E-state index contributed by atoms with van der Waals surface area (Å²) in [6.07, 6.45) is 0.185. The highest BCUT2D eigenvalue weighted by atomic mass is 35.5. The van der Waals surface area contributed by atoms with Gasteiger partial charge in [-0.1, -0.05) is 53.5 Å². The second kappa shape index (κ2) is 7.85. The van der Waals surface area contributed by atoms with Crippen LogP contribution in [0.2, 0.25) is 10.0 Å². The maximum atomic E-state index is 12.0. The second-order valence-electron chi connectivity index (χ2n) is 4.81. The molecule has 0 saturated carbocycles. The SMILES string of the molecule is O=C(Nc1ccc(Cl)c(Cl)c1)NC(Cc1ccccc1)C(=O)O. The highest BCUT2D eigenvalue weighted by Crippen LogP contribution is 2.24. The summed E-state index contributed by atoms with van der Waals surface area (Å²) < 4.78 is 0. The van der Waals surface area contributed by atoms with Gasteiger partial charge in [0.2, 0.25) is 0 Å². The third kappa shape index (κ3) is 5.16. The maximum absolute atomic E-state index is 12.0. The third-order valence-corrected chi connectivity index (χ3v) is 3.80. The van der Waals surface area contributed by atoms with Gasteiger partial charge >= 0.3 is 12.0 Å². The summed E-state index contributed by atoms with van der Waals surface area (Å²) >= 11 is 11.7. The lowest BCUT2D eigenvalue weighted by atomic mass is 10.1. The molecule has 0 aliphatic heterocycles. The van der Waals surface area contributed by atoms with Crippen molar-refractivity contribution in [3.8, 4) is 0 Å². The van der Waals surface area contributed by atoms with Crippen LogP contribution in [-0.4, -0.2) is 23.1 Å². The van der Waals surface area contributed by atoms with Gasteiger partial charge in [-0.25, -0.2) is 9.59 Å². The average molecular weight is 353 g/mol. The average Bonchev–Trinajstić information content (AvgIpc) is 2.51. The summed E-state index contributed by atoms with van der Waals surface area (Å²) in [6.45, 7) is 0. The van der Waals surface area contributed by atoms with Gasteiger partial charge in [-0.3, -0.25) is 0 Å². The van der Waals surface area contributed by atoms with Crippen LogP contribution in [0.5, 0.6) is 0 Å². The van der Waals surface area contributed by atoms with Crippen LogP contribution in [0.3, 0.4) is 0 Å². The van der Waals surface area contributed by atoms with E-state index < -0.39 is 18.0 Å². The van der Waals surface area contributed by atoms with Crippen molar-refractivity contribution in [2.45, 2.75) is 12.5 Å². The molecule has 23 heavy (non-hydrogen) atoms. The molecule has 5 nitrogen and oxygen atoms in total. The van der Waals surface area contributed by atoms with Crippen LogP contribution >= 0.6 is 23.2 Å². The Hall–Kier alpha value is -2.24. The van der Waals surface area contributed by atoms with Gasteiger partial charge < -0.3 is 15.7 Å². The number of hydrogen-bond donors (Lipinski definition) is 3. The lowest BCUT2D eigenvalue weighted by Gasteiger charge is -2.15. The second-order valence-corrected chi connectivity index (χ2v) is 5.62. The molecule has 1 unspecified atom stereocenters. The van der Waals surface area contributed by atoms with E-state index in [1.165, 1.54) is 12.1 Å². The molecule has 7 heteroatoms. The molecule has 1 atom stereocenters. The molecular formula is C16H14Cl2N2O3. The van der Waals surface area contributed by atoms with Crippen molar-refractivity contribution >= 4 is 40.9 Å². The molecule has 0 bridgehead atoms. The van der Waals surface area contributed by atoms with Crippen molar-refractivity contribution in [3.05, 3.63) is 64.1 Å². The van der Waals surface area contributed by atoms with Crippen LogP contribution in [0.4, 0.5) is 10.5 Å². The van der Waals surface area contributed by atoms with Gasteiger partial charge in [0.15, 0.2) is 0 Å². The number of nitrogens with one attached hydrogen (secondary N) is 2. The number of aliphatic carboxylic acids is 1. The smallest absolute Gasteiger partial charge is 0.326 e. The number of carbonyl (C=O) groups excluding carboxylic acids is 1. The number of benzene rings is 2. The van der Waals surface area contributed by atoms with Crippen LogP contribution in [0.25, 0.3) is 0 Å². The lowest BCUT2D eigenvalue weighted by molar-refractivity contribution is -0.139. The van der Waals surface area contributed by atoms with Crippen molar-refractivity contribution in [3.63, 3.8) is 0 Å². The summed E-state index contributed by atoms with van der Waals surface area (Å²) in [7, 11) is 0. The molecule has 2 amide bonds. The van der Waals surface area contributed by atoms with Gasteiger partial charge in [-0.15, -0.1) is 0 Å². The number of amides is 2. The molecule has 2 aromatic rings. The van der Waals surface area contributed by atoms with E-state index in [1.54, 1.807) is 18.2 Å². The van der Waals surface area contributed by atoms with E-state index in [9.17, 15) is 14.7 Å². The number of carboxylic acids is 1. The molecule has 0 radical (unpaired) electrons. The Kier molecular flexibility index (Phi) is 5.84. The highest BCUT2D eigenvalue weighted by Gasteiger charge is 2.20. The van der Waals surface area contributed by atoms with Gasteiger partial charge in [0.25, 0.3) is 0 Å². The number of hydrogen-bond acceptors (Lipinski definition) is 2. The van der Waals surface area contributed by atoms with Crippen molar-refractivity contribution < 1.29 is 14.7 Å². The monoisotopic (exact) mass is 352 g/mol. The molecule has 2 aromatic carbocycles. The van der Waals surface area contributed by atoms with Gasteiger partial charge in [0.1, 0.15) is 6.04 Å². The summed E-state index contributed by atoms with van der Waals surface area (Å²) in [6, 6.07) is 12.0. The van der Waals surface area contributed by atoms with E-state index in [-0.39, 0.29) is 6.42 Å². The number of carbonyl (C=O) groups is 2. The Balaban J connectivity index is 2.00. The van der Waals surface area contributed by atoms with E-state index in [0.29, 0.717) is 15.7 Å². The fourth-order valence-corrected chi connectivity index (χ4v) is 2.25. The van der Waals surface area contributed by atoms with Gasteiger partial charge in [-0.2, -0.15) is 0 Å². The molecule has 0 aromatic heterocycles. The number of rotatable bonds is 5. The van der Waals surface area contributed by atoms with Crippen molar-refractivity contribution in [1.29, 1.82) is 0 Å². The quantitative estimate of drug-likeness (QED) is 0.765. The minimum absolute atomic E-state index is 0.185. The summed E-state index contributed by atoms with van der Waals surface area (Å²) in [5, 5.41) is 14.9. The Labute approximate surface area is 143 Å². The number of urea groups is 1. The molecule has 0 aliphatic rings. The molecular weight excluding hydrogens is 339 g/mol. The van der Waals surface area contributed by atoms with E-state index in [0.717, 1.165) is 5.56 Å². The zero-order valence-corrected chi connectivity index (χ0v) is 13.4. The van der Waals surface area contributed by atoms with Crippen LogP contribution in [0, 0.1) is 0 Å². The zero-order chi connectivity index (χ0) is 16.8. The van der Waals surface area contributed by atoms with Crippen molar-refractivity contribution in [2.24, 2.45) is 0 Å². The fraction of sp³-hybridized carbons (Fsp3) is 0.125. The molecule has 120 valence electrons. The third-order valence-electron chi connectivity index (χ3n) is 3.06. The van der Waals surface area contributed by atoms with Gasteiger partial charge in [0, 0.05) is 12.1 Å². The molecule has 0 saturated heterocycles. The Morgan fingerprint density at radius 3 is 2.35 bits per heavy atom. The predicted octanol–water partition coefficient (Wildman–Crippen LogP) is 3.81. The number of halogens is 2. The number of anilines is 1. The molecule has 0 fully saturated rings. The van der Waals surface area contributed by atoms with E-state index in [4.69, 9.17) is 23.2 Å². The Bertz CT molecular complexity index is 708. The maximum Gasteiger partial charge on any atom is 0.326 e. The minimum Gasteiger partial charge on any atom is -0.480 e. The molecule has 0 spiro atoms. The van der Waals surface area contributed by atoms with Gasteiger partial charge in [-0.05, 0) is 23.8 Å². The molecule has 2 rings (SSSR count). The van der Waals surface area contributed by atoms with E-state index >= 15 is 0 Å². The molecule has 0 heterocycles. The minimum atomic E-state index is -1.11. The predicted molar refractivity (Wildman–Crippen MR) is 90.2 cm³/mol. The zero-order valence-electron chi connectivity index (χ0n) is 11.9. The largest absolute Gasteiger partial charge is 0.480 e. The van der Waals surface area contributed by atoms with Crippen LogP contribution in [0.15, 0.2) is 48.5 Å².